The molecule has 0 radical (unpaired) electrons. The Morgan fingerprint density at radius 3 is 2.80 bits per heavy atom. The summed E-state index contributed by atoms with van der Waals surface area (Å²) in [5, 5.41) is 9.30. The molecule has 1 aliphatic heterocycles. The number of carbonyl (C=O) groups excluding carboxylic acids is 1. The van der Waals surface area contributed by atoms with Crippen molar-refractivity contribution in [1.29, 1.82) is 0 Å². The van der Waals surface area contributed by atoms with E-state index in [0.29, 0.717) is 25.1 Å². The van der Waals surface area contributed by atoms with Crippen molar-refractivity contribution >= 4 is 24.1 Å². The van der Waals surface area contributed by atoms with Crippen molar-refractivity contribution in [3.63, 3.8) is 0 Å². The molecule has 0 aliphatic carbocycles. The molecule has 1 N–H and O–H groups in total. The Bertz CT molecular complexity index is 239. The number of carboxylic acids is 1. The lowest BCUT2D eigenvalue weighted by atomic mass is 9.93. The van der Waals surface area contributed by atoms with Crippen LogP contribution in [0, 0.1) is 0 Å². The molecule has 1 heterocycles. The molecule has 1 amide bonds. The third kappa shape index (κ3) is 2.45. The first kappa shape index (κ1) is 12.4. The van der Waals surface area contributed by atoms with Crippen LogP contribution in [-0.4, -0.2) is 46.0 Å². The van der Waals surface area contributed by atoms with Crippen molar-refractivity contribution < 1.29 is 14.7 Å². The maximum atomic E-state index is 11.3. The van der Waals surface area contributed by atoms with Gasteiger partial charge in [-0.05, 0) is 25.0 Å². The molecule has 1 fully saturated rings. The average molecular weight is 231 g/mol. The van der Waals surface area contributed by atoms with Crippen LogP contribution in [0.25, 0.3) is 0 Å². The van der Waals surface area contributed by atoms with Gasteiger partial charge in [0.1, 0.15) is 5.54 Å². The summed E-state index contributed by atoms with van der Waals surface area (Å²) in [4.78, 5) is 23.8. The van der Waals surface area contributed by atoms with Crippen LogP contribution in [-0.2, 0) is 9.59 Å². The Balaban J connectivity index is 2.86. The van der Waals surface area contributed by atoms with Crippen molar-refractivity contribution in [2.75, 3.05) is 18.1 Å². The van der Waals surface area contributed by atoms with Gasteiger partial charge in [-0.15, -0.1) is 0 Å². The number of thioether (sulfide) groups is 1. The molecule has 1 aliphatic rings. The number of hydrogen-bond donors (Lipinski definition) is 1. The summed E-state index contributed by atoms with van der Waals surface area (Å²) in [5.41, 5.74) is -0.958. The molecule has 0 aromatic carbocycles. The van der Waals surface area contributed by atoms with E-state index in [2.05, 4.69) is 0 Å². The summed E-state index contributed by atoms with van der Waals surface area (Å²) >= 11 is 1.62. The molecule has 15 heavy (non-hydrogen) atoms. The van der Waals surface area contributed by atoms with Crippen LogP contribution >= 0.6 is 11.8 Å². The van der Waals surface area contributed by atoms with Gasteiger partial charge in [-0.3, -0.25) is 4.79 Å². The minimum absolute atomic E-state index is 0.515. The fraction of sp³-hybridized carbons (Fsp3) is 0.800. The first-order valence-corrected chi connectivity index (χ1v) is 6.36. The zero-order valence-electron chi connectivity index (χ0n) is 8.94. The van der Waals surface area contributed by atoms with Gasteiger partial charge in [0.15, 0.2) is 0 Å². The molecule has 86 valence electrons. The zero-order valence-corrected chi connectivity index (χ0v) is 9.76. The molecule has 1 unspecified atom stereocenters. The highest BCUT2D eigenvalue weighted by Gasteiger charge is 2.44. The van der Waals surface area contributed by atoms with E-state index < -0.39 is 11.5 Å². The van der Waals surface area contributed by atoms with Gasteiger partial charge in [-0.25, -0.2) is 4.79 Å². The predicted molar refractivity (Wildman–Crippen MR) is 60.0 cm³/mol. The third-order valence-electron chi connectivity index (χ3n) is 2.76. The number of amides is 1. The lowest BCUT2D eigenvalue weighted by Crippen LogP contribution is -2.57. The predicted octanol–water partition coefficient (Wildman–Crippen LogP) is 1.21. The molecule has 1 rings (SSSR count). The largest absolute Gasteiger partial charge is 0.479 e. The second kappa shape index (κ2) is 5.39. The monoisotopic (exact) mass is 231 g/mol. The molecule has 0 aromatic heterocycles. The summed E-state index contributed by atoms with van der Waals surface area (Å²) < 4.78 is 0. The summed E-state index contributed by atoms with van der Waals surface area (Å²) in [6, 6.07) is 0. The van der Waals surface area contributed by atoms with Crippen molar-refractivity contribution in [1.82, 2.24) is 4.90 Å². The van der Waals surface area contributed by atoms with Crippen LogP contribution in [0.5, 0.6) is 0 Å². The maximum absolute atomic E-state index is 11.3. The molecule has 0 bridgehead atoms. The summed E-state index contributed by atoms with van der Waals surface area (Å²) in [6.07, 6.45) is 2.92. The number of aliphatic carboxylic acids is 1. The van der Waals surface area contributed by atoms with E-state index in [4.69, 9.17) is 0 Å². The van der Waals surface area contributed by atoms with E-state index in [1.54, 1.807) is 11.8 Å². The smallest absolute Gasteiger partial charge is 0.330 e. The SMILES string of the molecule is CCCN(C=O)C1(C(=O)O)CCCSC1. The number of rotatable bonds is 5. The van der Waals surface area contributed by atoms with E-state index in [1.165, 1.54) is 4.90 Å². The quantitative estimate of drug-likeness (QED) is 0.722. The lowest BCUT2D eigenvalue weighted by Gasteiger charge is -2.40. The van der Waals surface area contributed by atoms with Gasteiger partial charge in [0, 0.05) is 12.3 Å². The van der Waals surface area contributed by atoms with Crippen LogP contribution in [0.15, 0.2) is 0 Å². The van der Waals surface area contributed by atoms with Gasteiger partial charge >= 0.3 is 5.97 Å². The molecule has 1 saturated heterocycles. The highest BCUT2D eigenvalue weighted by Crippen LogP contribution is 2.31. The molecule has 4 nitrogen and oxygen atoms in total. The van der Waals surface area contributed by atoms with Crippen molar-refractivity contribution in [3.8, 4) is 0 Å². The van der Waals surface area contributed by atoms with Crippen LogP contribution in [0.3, 0.4) is 0 Å². The van der Waals surface area contributed by atoms with Crippen molar-refractivity contribution in [2.24, 2.45) is 0 Å². The molecule has 5 heteroatoms. The van der Waals surface area contributed by atoms with Gasteiger partial charge in [0.25, 0.3) is 0 Å². The first-order chi connectivity index (χ1) is 7.17. The second-order valence-electron chi connectivity index (χ2n) is 3.79. The van der Waals surface area contributed by atoms with E-state index in [9.17, 15) is 14.7 Å². The molecule has 0 aromatic rings. The van der Waals surface area contributed by atoms with Crippen LogP contribution in [0.1, 0.15) is 26.2 Å². The average Bonchev–Trinajstić information content (AvgIpc) is 2.26. The van der Waals surface area contributed by atoms with E-state index in [1.807, 2.05) is 6.92 Å². The Hall–Kier alpha value is -0.710. The van der Waals surface area contributed by atoms with Crippen LogP contribution in [0.4, 0.5) is 0 Å². The van der Waals surface area contributed by atoms with Gasteiger partial charge in [0.05, 0.1) is 0 Å². The second-order valence-corrected chi connectivity index (χ2v) is 4.90. The Labute approximate surface area is 94.0 Å². The summed E-state index contributed by atoms with van der Waals surface area (Å²) in [5.74, 6) is 0.643. The van der Waals surface area contributed by atoms with Crippen molar-refractivity contribution in [2.45, 2.75) is 31.7 Å². The van der Waals surface area contributed by atoms with E-state index in [-0.39, 0.29) is 0 Å². The van der Waals surface area contributed by atoms with Crippen molar-refractivity contribution in [3.05, 3.63) is 0 Å². The third-order valence-corrected chi connectivity index (χ3v) is 4.02. The Morgan fingerprint density at radius 1 is 1.67 bits per heavy atom. The highest BCUT2D eigenvalue weighted by molar-refractivity contribution is 7.99. The van der Waals surface area contributed by atoms with Crippen LogP contribution in [0.2, 0.25) is 0 Å². The van der Waals surface area contributed by atoms with Gasteiger partial charge < -0.3 is 10.0 Å². The molecule has 0 spiro atoms. The van der Waals surface area contributed by atoms with E-state index >= 15 is 0 Å². The Kier molecular flexibility index (Phi) is 4.45. The standard InChI is InChI=1S/C10H17NO3S/c1-2-5-11(8-12)10(9(13)14)4-3-6-15-7-10/h8H,2-7H2,1H3,(H,13,14). The molecular formula is C10H17NO3S. The zero-order chi connectivity index (χ0) is 11.3. The fourth-order valence-corrected chi connectivity index (χ4v) is 3.17. The normalized spacial score (nSPS) is 25.9. The van der Waals surface area contributed by atoms with Gasteiger partial charge in [0.2, 0.25) is 6.41 Å². The topological polar surface area (TPSA) is 57.6 Å². The summed E-state index contributed by atoms with van der Waals surface area (Å²) in [7, 11) is 0. The lowest BCUT2D eigenvalue weighted by molar-refractivity contribution is -0.154. The number of carbonyl (C=O) groups is 2. The minimum Gasteiger partial charge on any atom is -0.479 e. The number of hydrogen-bond acceptors (Lipinski definition) is 3. The number of nitrogens with zero attached hydrogens (tertiary/aromatic N) is 1. The maximum Gasteiger partial charge on any atom is 0.330 e. The van der Waals surface area contributed by atoms with Gasteiger partial charge in [-0.1, -0.05) is 6.92 Å². The minimum atomic E-state index is -0.958. The molecular weight excluding hydrogens is 214 g/mol. The number of carboxylic acid groups (broad SMARTS) is 1. The first-order valence-electron chi connectivity index (χ1n) is 5.20. The van der Waals surface area contributed by atoms with Crippen LogP contribution < -0.4 is 0 Å². The van der Waals surface area contributed by atoms with E-state index in [0.717, 1.165) is 18.6 Å². The molecule has 1 atom stereocenters. The molecule has 0 saturated carbocycles. The highest BCUT2D eigenvalue weighted by atomic mass is 32.2. The fourth-order valence-electron chi connectivity index (χ4n) is 1.91. The van der Waals surface area contributed by atoms with Gasteiger partial charge in [-0.2, -0.15) is 11.8 Å². The summed E-state index contributed by atoms with van der Waals surface area (Å²) in [6.45, 7) is 2.47. The Morgan fingerprint density at radius 2 is 2.40 bits per heavy atom.